The van der Waals surface area contributed by atoms with Crippen molar-refractivity contribution >= 4 is 33.6 Å². The second kappa shape index (κ2) is 8.93. The van der Waals surface area contributed by atoms with Crippen molar-refractivity contribution in [3.05, 3.63) is 46.7 Å². The van der Waals surface area contributed by atoms with Gasteiger partial charge in [-0.3, -0.25) is 0 Å². The molecule has 27 heavy (non-hydrogen) atoms. The molecule has 0 radical (unpaired) electrons. The average molecular weight is 448 g/mol. The first-order chi connectivity index (χ1) is 13.2. The Kier molecular flexibility index (Phi) is 6.35. The standard InChI is InChI=1S/C21H26BrN3OS/c1-27-19-4-2-15(3-5-19)13-26-14-17-10-20(17)16-6-8-25(9-7-16)21-23-11-18(22)12-24-21/h2-5,11-12,16-17,20H,6-10,13-14H2,1H3/t17-,20+/m0/s1. The fourth-order valence-corrected chi connectivity index (χ4v) is 4.70. The molecule has 4 nitrogen and oxygen atoms in total. The summed E-state index contributed by atoms with van der Waals surface area (Å²) in [6, 6.07) is 8.70. The predicted molar refractivity (Wildman–Crippen MR) is 114 cm³/mol. The maximum Gasteiger partial charge on any atom is 0.225 e. The van der Waals surface area contributed by atoms with Gasteiger partial charge in [0.1, 0.15) is 0 Å². The molecule has 2 fully saturated rings. The van der Waals surface area contributed by atoms with Crippen molar-refractivity contribution in [3.63, 3.8) is 0 Å². The zero-order valence-corrected chi connectivity index (χ0v) is 18.1. The van der Waals surface area contributed by atoms with Crippen LogP contribution in [-0.2, 0) is 11.3 Å². The van der Waals surface area contributed by atoms with E-state index >= 15 is 0 Å². The highest BCUT2D eigenvalue weighted by Gasteiger charge is 2.43. The molecule has 0 amide bonds. The normalized spacial score (nSPS) is 22.8. The fraction of sp³-hybridized carbons (Fsp3) is 0.524. The number of hydrogen-bond donors (Lipinski definition) is 0. The molecule has 0 unspecified atom stereocenters. The van der Waals surface area contributed by atoms with Crippen molar-refractivity contribution in [2.45, 2.75) is 30.8 Å². The van der Waals surface area contributed by atoms with E-state index in [0.29, 0.717) is 0 Å². The molecule has 1 aliphatic heterocycles. The van der Waals surface area contributed by atoms with Crippen LogP contribution in [0.1, 0.15) is 24.8 Å². The molecule has 2 heterocycles. The van der Waals surface area contributed by atoms with Crippen LogP contribution in [0.15, 0.2) is 46.0 Å². The lowest BCUT2D eigenvalue weighted by Gasteiger charge is -2.32. The lowest BCUT2D eigenvalue weighted by molar-refractivity contribution is 0.104. The topological polar surface area (TPSA) is 38.2 Å². The summed E-state index contributed by atoms with van der Waals surface area (Å²) >= 11 is 5.18. The van der Waals surface area contributed by atoms with E-state index in [4.69, 9.17) is 4.74 Å². The molecule has 1 saturated carbocycles. The van der Waals surface area contributed by atoms with Crippen LogP contribution in [0, 0.1) is 17.8 Å². The molecule has 144 valence electrons. The summed E-state index contributed by atoms with van der Waals surface area (Å²) in [4.78, 5) is 12.5. The second-order valence-electron chi connectivity index (χ2n) is 7.55. The molecule has 1 aromatic heterocycles. The number of aromatic nitrogens is 2. The molecule has 6 heteroatoms. The van der Waals surface area contributed by atoms with Gasteiger partial charge < -0.3 is 9.64 Å². The van der Waals surface area contributed by atoms with E-state index in [0.717, 1.165) is 54.5 Å². The number of benzene rings is 1. The molecular weight excluding hydrogens is 422 g/mol. The molecule has 2 aromatic rings. The Hall–Kier alpha value is -1.11. The Bertz CT molecular complexity index is 732. The molecule has 1 aromatic carbocycles. The van der Waals surface area contributed by atoms with Crippen molar-refractivity contribution in [2.24, 2.45) is 17.8 Å². The van der Waals surface area contributed by atoms with Gasteiger partial charge in [-0.1, -0.05) is 12.1 Å². The second-order valence-corrected chi connectivity index (χ2v) is 9.34. The van der Waals surface area contributed by atoms with E-state index in [-0.39, 0.29) is 0 Å². The van der Waals surface area contributed by atoms with Crippen LogP contribution in [0.25, 0.3) is 0 Å². The fourth-order valence-electron chi connectivity index (χ4n) is 4.09. The van der Waals surface area contributed by atoms with Crippen molar-refractivity contribution in [3.8, 4) is 0 Å². The molecule has 1 saturated heterocycles. The van der Waals surface area contributed by atoms with Crippen molar-refractivity contribution in [2.75, 3.05) is 30.9 Å². The number of piperidine rings is 1. The van der Waals surface area contributed by atoms with Crippen LogP contribution in [0.3, 0.4) is 0 Å². The summed E-state index contributed by atoms with van der Waals surface area (Å²) in [5.74, 6) is 3.32. The third-order valence-electron chi connectivity index (χ3n) is 5.77. The third-order valence-corrected chi connectivity index (χ3v) is 6.92. The molecule has 0 spiro atoms. The summed E-state index contributed by atoms with van der Waals surface area (Å²) < 4.78 is 6.93. The maximum atomic E-state index is 6.00. The first kappa shape index (κ1) is 19.2. The molecule has 1 aliphatic carbocycles. The van der Waals surface area contributed by atoms with Crippen molar-refractivity contribution in [1.29, 1.82) is 0 Å². The van der Waals surface area contributed by atoms with Gasteiger partial charge in [0.15, 0.2) is 0 Å². The SMILES string of the molecule is CSc1ccc(COC[C@@H]2C[C@@H]2C2CCN(c3ncc(Br)cn3)CC2)cc1. The van der Waals surface area contributed by atoms with Gasteiger partial charge in [-0.15, -0.1) is 11.8 Å². The number of halogens is 1. The number of anilines is 1. The van der Waals surface area contributed by atoms with Gasteiger partial charge in [0.25, 0.3) is 0 Å². The maximum absolute atomic E-state index is 6.00. The van der Waals surface area contributed by atoms with Gasteiger partial charge in [0, 0.05) is 30.4 Å². The number of thioether (sulfide) groups is 1. The summed E-state index contributed by atoms with van der Waals surface area (Å²) in [5.41, 5.74) is 1.27. The van der Waals surface area contributed by atoms with Crippen LogP contribution in [0.2, 0.25) is 0 Å². The number of hydrogen-bond acceptors (Lipinski definition) is 5. The smallest absolute Gasteiger partial charge is 0.225 e. The highest BCUT2D eigenvalue weighted by atomic mass is 79.9. The summed E-state index contributed by atoms with van der Waals surface area (Å²) in [5, 5.41) is 0. The molecular formula is C21H26BrN3OS. The van der Waals surface area contributed by atoms with E-state index in [1.807, 2.05) is 12.4 Å². The molecule has 4 rings (SSSR count). The number of nitrogens with zero attached hydrogens (tertiary/aromatic N) is 3. The minimum Gasteiger partial charge on any atom is -0.376 e. The van der Waals surface area contributed by atoms with Gasteiger partial charge in [0.2, 0.25) is 5.95 Å². The van der Waals surface area contributed by atoms with Crippen LogP contribution in [0.4, 0.5) is 5.95 Å². The monoisotopic (exact) mass is 447 g/mol. The van der Waals surface area contributed by atoms with Gasteiger partial charge in [-0.25, -0.2) is 9.97 Å². The van der Waals surface area contributed by atoms with Crippen molar-refractivity contribution < 1.29 is 4.74 Å². The Balaban J connectivity index is 1.17. The molecule has 0 bridgehead atoms. The minimum absolute atomic E-state index is 0.733. The molecule has 2 atom stereocenters. The van der Waals surface area contributed by atoms with Gasteiger partial charge >= 0.3 is 0 Å². The van der Waals surface area contributed by atoms with Gasteiger partial charge in [0.05, 0.1) is 17.7 Å². The van der Waals surface area contributed by atoms with E-state index in [1.165, 1.54) is 29.7 Å². The van der Waals surface area contributed by atoms with E-state index in [9.17, 15) is 0 Å². The summed E-state index contributed by atoms with van der Waals surface area (Å²) in [6.07, 6.45) is 9.60. The lowest BCUT2D eigenvalue weighted by Crippen LogP contribution is -2.35. The Morgan fingerprint density at radius 3 is 2.52 bits per heavy atom. The van der Waals surface area contributed by atoms with Crippen LogP contribution in [-0.4, -0.2) is 35.9 Å². The number of rotatable bonds is 7. The highest BCUT2D eigenvalue weighted by molar-refractivity contribution is 9.10. The lowest BCUT2D eigenvalue weighted by atomic mass is 9.91. The van der Waals surface area contributed by atoms with Crippen molar-refractivity contribution in [1.82, 2.24) is 9.97 Å². The largest absolute Gasteiger partial charge is 0.376 e. The van der Waals surface area contributed by atoms with E-state index in [2.05, 4.69) is 61.3 Å². The molecule has 2 aliphatic rings. The predicted octanol–water partition coefficient (Wildman–Crippen LogP) is 5.03. The Morgan fingerprint density at radius 1 is 1.15 bits per heavy atom. The highest BCUT2D eigenvalue weighted by Crippen LogP contribution is 2.48. The third kappa shape index (κ3) is 5.04. The van der Waals surface area contributed by atoms with E-state index in [1.54, 1.807) is 11.8 Å². The van der Waals surface area contributed by atoms with Crippen LogP contribution >= 0.6 is 27.7 Å². The van der Waals surface area contributed by atoms with Gasteiger partial charge in [-0.05, 0) is 76.9 Å². The summed E-state index contributed by atoms with van der Waals surface area (Å²) in [6.45, 7) is 3.78. The number of ether oxygens (including phenoxy) is 1. The molecule has 0 N–H and O–H groups in total. The zero-order chi connectivity index (χ0) is 18.6. The zero-order valence-electron chi connectivity index (χ0n) is 15.7. The average Bonchev–Trinajstić information content (AvgIpc) is 3.49. The minimum atomic E-state index is 0.733. The Morgan fingerprint density at radius 2 is 1.85 bits per heavy atom. The van der Waals surface area contributed by atoms with Crippen LogP contribution < -0.4 is 4.90 Å². The Labute approximate surface area is 174 Å². The van der Waals surface area contributed by atoms with Crippen LogP contribution in [0.5, 0.6) is 0 Å². The first-order valence-corrected chi connectivity index (χ1v) is 11.7. The van der Waals surface area contributed by atoms with E-state index < -0.39 is 0 Å². The quantitative estimate of drug-likeness (QED) is 0.556. The summed E-state index contributed by atoms with van der Waals surface area (Å²) in [7, 11) is 0. The van der Waals surface area contributed by atoms with Gasteiger partial charge in [-0.2, -0.15) is 0 Å². The first-order valence-electron chi connectivity index (χ1n) is 9.66.